The lowest BCUT2D eigenvalue weighted by molar-refractivity contribution is -0.151. The Morgan fingerprint density at radius 3 is 2.43 bits per heavy atom. The number of carbonyl (C=O) groups excluding carboxylic acids is 1. The molecule has 0 radical (unpaired) electrons. The zero-order valence-corrected chi connectivity index (χ0v) is 12.9. The lowest BCUT2D eigenvalue weighted by Crippen LogP contribution is -2.49. The van der Waals surface area contributed by atoms with E-state index in [0.717, 1.165) is 0 Å². The molecule has 21 heavy (non-hydrogen) atoms. The molecule has 1 saturated heterocycles. The summed E-state index contributed by atoms with van der Waals surface area (Å²) in [6.07, 6.45) is 1.62. The van der Waals surface area contributed by atoms with Crippen molar-refractivity contribution in [2.75, 3.05) is 46.6 Å². The van der Waals surface area contributed by atoms with Crippen molar-refractivity contribution in [1.29, 1.82) is 0 Å². The maximum atomic E-state index is 11.9. The highest BCUT2D eigenvalue weighted by atomic mass is 16.5. The van der Waals surface area contributed by atoms with Gasteiger partial charge in [-0.05, 0) is 19.3 Å². The fraction of sp³-hybridized carbons (Fsp3) is 0.857. The molecule has 1 heterocycles. The third kappa shape index (κ3) is 5.17. The Morgan fingerprint density at radius 1 is 1.24 bits per heavy atom. The van der Waals surface area contributed by atoms with Gasteiger partial charge >= 0.3 is 12.0 Å². The minimum atomic E-state index is -0.753. The predicted molar refractivity (Wildman–Crippen MR) is 77.3 cm³/mol. The number of rotatable bonds is 8. The van der Waals surface area contributed by atoms with E-state index in [2.05, 4.69) is 5.32 Å². The molecule has 2 N–H and O–H groups in total. The normalized spacial score (nSPS) is 17.5. The van der Waals surface area contributed by atoms with E-state index in [1.807, 2.05) is 6.92 Å². The maximum absolute atomic E-state index is 11.9. The number of hydrogen-bond acceptors (Lipinski definition) is 4. The summed E-state index contributed by atoms with van der Waals surface area (Å²) < 4.78 is 10.1. The van der Waals surface area contributed by atoms with E-state index in [9.17, 15) is 14.7 Å². The third-order valence-electron chi connectivity index (χ3n) is 4.09. The van der Waals surface area contributed by atoms with Crippen LogP contribution in [-0.4, -0.2) is 68.6 Å². The second kappa shape index (κ2) is 8.84. The Kier molecular flexibility index (Phi) is 7.45. The Bertz CT molecular complexity index is 340. The fourth-order valence-corrected chi connectivity index (χ4v) is 2.44. The average molecular weight is 302 g/mol. The molecular formula is C14H26N2O5. The van der Waals surface area contributed by atoms with Crippen LogP contribution in [0.2, 0.25) is 0 Å². The van der Waals surface area contributed by atoms with Gasteiger partial charge in [0.15, 0.2) is 0 Å². The summed E-state index contributed by atoms with van der Waals surface area (Å²) in [6, 6.07) is -0.152. The lowest BCUT2D eigenvalue weighted by atomic mass is 9.76. The van der Waals surface area contributed by atoms with Crippen LogP contribution in [0.5, 0.6) is 0 Å². The summed E-state index contributed by atoms with van der Waals surface area (Å²) in [5.74, 6) is -0.753. The van der Waals surface area contributed by atoms with Gasteiger partial charge in [-0.2, -0.15) is 0 Å². The van der Waals surface area contributed by atoms with Gasteiger partial charge < -0.3 is 24.8 Å². The van der Waals surface area contributed by atoms with Gasteiger partial charge in [-0.3, -0.25) is 4.79 Å². The molecule has 122 valence electrons. The van der Waals surface area contributed by atoms with Crippen LogP contribution in [0.3, 0.4) is 0 Å². The summed E-state index contributed by atoms with van der Waals surface area (Å²) in [4.78, 5) is 25.0. The standard InChI is InChI=1S/C14H26N2O5/c1-3-14(12(17)18)4-7-16(8-5-14)13(19)15-6-9-21-11-10-20-2/h3-11H2,1-2H3,(H,15,19)(H,17,18). The number of likely N-dealkylation sites (tertiary alicyclic amines) is 1. The first-order valence-electron chi connectivity index (χ1n) is 7.38. The van der Waals surface area contributed by atoms with Gasteiger partial charge in [0.25, 0.3) is 0 Å². The molecule has 1 aliphatic heterocycles. The van der Waals surface area contributed by atoms with Gasteiger partial charge in [-0.15, -0.1) is 0 Å². The van der Waals surface area contributed by atoms with Crippen LogP contribution in [0.15, 0.2) is 0 Å². The molecule has 1 rings (SSSR count). The van der Waals surface area contributed by atoms with Crippen LogP contribution >= 0.6 is 0 Å². The van der Waals surface area contributed by atoms with Gasteiger partial charge in [0, 0.05) is 26.7 Å². The molecule has 0 saturated carbocycles. The molecule has 0 unspecified atom stereocenters. The van der Waals surface area contributed by atoms with Crippen LogP contribution in [0.1, 0.15) is 26.2 Å². The van der Waals surface area contributed by atoms with Crippen LogP contribution < -0.4 is 5.32 Å². The molecule has 0 aliphatic carbocycles. The van der Waals surface area contributed by atoms with Gasteiger partial charge in [0.2, 0.25) is 0 Å². The highest BCUT2D eigenvalue weighted by Gasteiger charge is 2.40. The minimum Gasteiger partial charge on any atom is -0.481 e. The van der Waals surface area contributed by atoms with Gasteiger partial charge in [0.1, 0.15) is 0 Å². The molecule has 0 spiro atoms. The number of nitrogens with one attached hydrogen (secondary N) is 1. The SMILES string of the molecule is CCC1(C(=O)O)CCN(C(=O)NCCOCCOC)CC1. The van der Waals surface area contributed by atoms with E-state index in [1.54, 1.807) is 12.0 Å². The Hall–Kier alpha value is -1.34. The van der Waals surface area contributed by atoms with Crippen molar-refractivity contribution in [3.63, 3.8) is 0 Å². The number of carboxylic acids is 1. The number of methoxy groups -OCH3 is 1. The number of piperidine rings is 1. The highest BCUT2D eigenvalue weighted by Crippen LogP contribution is 2.35. The second-order valence-corrected chi connectivity index (χ2v) is 5.26. The molecule has 1 aliphatic rings. The summed E-state index contributed by atoms with van der Waals surface area (Å²) in [7, 11) is 1.61. The predicted octanol–water partition coefficient (Wildman–Crippen LogP) is 0.936. The Labute approximate surface area is 125 Å². The first-order valence-corrected chi connectivity index (χ1v) is 7.38. The number of amides is 2. The van der Waals surface area contributed by atoms with E-state index >= 15 is 0 Å². The fourth-order valence-electron chi connectivity index (χ4n) is 2.44. The summed E-state index contributed by atoms with van der Waals surface area (Å²) in [5, 5.41) is 12.1. The number of carbonyl (C=O) groups is 2. The lowest BCUT2D eigenvalue weighted by Gasteiger charge is -2.38. The number of hydrogen-bond donors (Lipinski definition) is 2. The number of ether oxygens (including phenoxy) is 2. The van der Waals surface area contributed by atoms with Crippen molar-refractivity contribution in [3.05, 3.63) is 0 Å². The summed E-state index contributed by atoms with van der Waals surface area (Å²) in [5.41, 5.74) is -0.667. The third-order valence-corrected chi connectivity index (χ3v) is 4.09. The van der Waals surface area contributed by atoms with Crippen molar-refractivity contribution in [2.45, 2.75) is 26.2 Å². The van der Waals surface area contributed by atoms with Crippen LogP contribution in [-0.2, 0) is 14.3 Å². The van der Waals surface area contributed by atoms with Crippen molar-refractivity contribution in [1.82, 2.24) is 10.2 Å². The Balaban J connectivity index is 2.24. The van der Waals surface area contributed by atoms with Crippen LogP contribution in [0.4, 0.5) is 4.79 Å². The number of aliphatic carboxylic acids is 1. The van der Waals surface area contributed by atoms with Gasteiger partial charge in [0.05, 0.1) is 25.2 Å². The highest BCUT2D eigenvalue weighted by molar-refractivity contribution is 5.77. The van der Waals surface area contributed by atoms with Crippen molar-refractivity contribution >= 4 is 12.0 Å². The molecule has 0 atom stereocenters. The molecule has 7 nitrogen and oxygen atoms in total. The number of nitrogens with zero attached hydrogens (tertiary/aromatic N) is 1. The zero-order chi connectivity index (χ0) is 15.7. The zero-order valence-electron chi connectivity index (χ0n) is 12.9. The van der Waals surface area contributed by atoms with E-state index in [1.165, 1.54) is 0 Å². The maximum Gasteiger partial charge on any atom is 0.317 e. The summed E-state index contributed by atoms with van der Waals surface area (Å²) in [6.45, 7) is 4.78. The van der Waals surface area contributed by atoms with Crippen molar-refractivity contribution < 1.29 is 24.2 Å². The monoisotopic (exact) mass is 302 g/mol. The minimum absolute atomic E-state index is 0.152. The van der Waals surface area contributed by atoms with E-state index in [4.69, 9.17) is 9.47 Å². The largest absolute Gasteiger partial charge is 0.481 e. The van der Waals surface area contributed by atoms with Gasteiger partial charge in [-0.1, -0.05) is 6.92 Å². The molecular weight excluding hydrogens is 276 g/mol. The second-order valence-electron chi connectivity index (χ2n) is 5.26. The molecule has 1 fully saturated rings. The first-order chi connectivity index (χ1) is 10.1. The van der Waals surface area contributed by atoms with Gasteiger partial charge in [-0.25, -0.2) is 4.79 Å². The topological polar surface area (TPSA) is 88.1 Å². The first kappa shape index (κ1) is 17.7. The van der Waals surface area contributed by atoms with E-state index in [-0.39, 0.29) is 6.03 Å². The average Bonchev–Trinajstić information content (AvgIpc) is 2.50. The van der Waals surface area contributed by atoms with E-state index < -0.39 is 11.4 Å². The quantitative estimate of drug-likeness (QED) is 0.651. The van der Waals surface area contributed by atoms with Crippen molar-refractivity contribution in [2.24, 2.45) is 5.41 Å². The molecule has 0 aromatic heterocycles. The van der Waals surface area contributed by atoms with E-state index in [0.29, 0.717) is 58.7 Å². The molecule has 2 amide bonds. The smallest absolute Gasteiger partial charge is 0.317 e. The molecule has 0 bridgehead atoms. The Morgan fingerprint density at radius 2 is 1.90 bits per heavy atom. The molecule has 0 aromatic carbocycles. The summed E-state index contributed by atoms with van der Waals surface area (Å²) >= 11 is 0. The number of urea groups is 1. The van der Waals surface area contributed by atoms with Crippen LogP contribution in [0.25, 0.3) is 0 Å². The number of carboxylic acid groups (broad SMARTS) is 1. The molecule has 7 heteroatoms. The van der Waals surface area contributed by atoms with Crippen LogP contribution in [0, 0.1) is 5.41 Å². The molecule has 0 aromatic rings. The van der Waals surface area contributed by atoms with Crippen molar-refractivity contribution in [3.8, 4) is 0 Å².